The predicted molar refractivity (Wildman–Crippen MR) is 101 cm³/mol. The minimum absolute atomic E-state index is 0.0619. The van der Waals surface area contributed by atoms with Gasteiger partial charge in [-0.2, -0.15) is 9.61 Å². The lowest BCUT2D eigenvalue weighted by Crippen LogP contribution is -3.13. The molecule has 1 aliphatic rings. The van der Waals surface area contributed by atoms with Crippen LogP contribution in [-0.4, -0.2) is 45.4 Å². The minimum atomic E-state index is -0.301. The van der Waals surface area contributed by atoms with E-state index in [0.717, 1.165) is 23.5 Å². The number of carbonyl (C=O) groups is 1. The SMILES string of the molecule is CCOC(=O)C1CC[NH+]([C@H](c2ccc(F)cc2)c2sc3ncnn3c2O)CC1. The van der Waals surface area contributed by atoms with Gasteiger partial charge in [-0.15, -0.1) is 0 Å². The third-order valence-electron chi connectivity index (χ3n) is 5.26. The molecular formula is C19H22FN4O3S+. The molecule has 3 aromatic rings. The van der Waals surface area contributed by atoms with Crippen molar-refractivity contribution in [3.8, 4) is 5.88 Å². The number of quaternary nitrogens is 1. The van der Waals surface area contributed by atoms with Crippen molar-refractivity contribution in [3.05, 3.63) is 46.9 Å². The van der Waals surface area contributed by atoms with E-state index in [0.29, 0.717) is 24.4 Å². The number of fused-ring (bicyclic) bond motifs is 1. The summed E-state index contributed by atoms with van der Waals surface area (Å²) in [6.45, 7) is 3.70. The van der Waals surface area contributed by atoms with E-state index in [9.17, 15) is 14.3 Å². The summed E-state index contributed by atoms with van der Waals surface area (Å²) in [4.78, 5) is 18.8. The molecule has 1 atom stereocenters. The van der Waals surface area contributed by atoms with E-state index in [2.05, 4.69) is 10.1 Å². The number of carbonyl (C=O) groups excluding carboxylic acids is 1. The van der Waals surface area contributed by atoms with Gasteiger partial charge < -0.3 is 14.7 Å². The molecule has 28 heavy (non-hydrogen) atoms. The summed E-state index contributed by atoms with van der Waals surface area (Å²) in [5, 5.41) is 14.8. The van der Waals surface area contributed by atoms with E-state index in [-0.39, 0.29) is 29.6 Å². The van der Waals surface area contributed by atoms with Gasteiger partial charge in [0.05, 0.1) is 25.6 Å². The molecule has 1 aromatic carbocycles. The second kappa shape index (κ2) is 7.84. The molecule has 7 nitrogen and oxygen atoms in total. The molecule has 4 rings (SSSR count). The average Bonchev–Trinajstić information content (AvgIpc) is 3.28. The fraction of sp³-hybridized carbons (Fsp3) is 0.421. The monoisotopic (exact) mass is 405 g/mol. The molecular weight excluding hydrogens is 383 g/mol. The Balaban J connectivity index is 1.64. The Kier molecular flexibility index (Phi) is 5.27. The third kappa shape index (κ3) is 3.47. The molecule has 0 amide bonds. The maximum absolute atomic E-state index is 13.5. The number of aromatic nitrogens is 3. The summed E-state index contributed by atoms with van der Waals surface area (Å²) in [5.41, 5.74) is 0.908. The number of ether oxygens (including phenoxy) is 1. The molecule has 0 spiro atoms. The number of hydrogen-bond donors (Lipinski definition) is 2. The molecule has 148 valence electrons. The smallest absolute Gasteiger partial charge is 0.309 e. The number of likely N-dealkylation sites (tertiary alicyclic amines) is 1. The van der Waals surface area contributed by atoms with E-state index in [4.69, 9.17) is 4.74 Å². The second-order valence-electron chi connectivity index (χ2n) is 6.91. The quantitative estimate of drug-likeness (QED) is 0.630. The molecule has 0 unspecified atom stereocenters. The van der Waals surface area contributed by atoms with E-state index in [1.54, 1.807) is 12.1 Å². The van der Waals surface area contributed by atoms with Crippen molar-refractivity contribution in [1.82, 2.24) is 14.6 Å². The largest absolute Gasteiger partial charge is 0.492 e. The van der Waals surface area contributed by atoms with E-state index < -0.39 is 0 Å². The van der Waals surface area contributed by atoms with Gasteiger partial charge in [0.1, 0.15) is 17.0 Å². The van der Waals surface area contributed by atoms with Gasteiger partial charge in [-0.25, -0.2) is 9.37 Å². The van der Waals surface area contributed by atoms with E-state index in [1.165, 1.54) is 39.2 Å². The van der Waals surface area contributed by atoms with Gasteiger partial charge in [-0.05, 0) is 31.2 Å². The van der Waals surface area contributed by atoms with Crippen molar-refractivity contribution in [3.63, 3.8) is 0 Å². The normalized spacial score (nSPS) is 20.9. The molecule has 1 fully saturated rings. The Labute approximate surface area is 165 Å². The number of nitrogens with zero attached hydrogens (tertiary/aromatic N) is 3. The van der Waals surface area contributed by atoms with Crippen LogP contribution in [0.5, 0.6) is 5.88 Å². The number of thiazole rings is 1. The summed E-state index contributed by atoms with van der Waals surface area (Å²) in [6.07, 6.45) is 2.83. The molecule has 0 bridgehead atoms. The highest BCUT2D eigenvalue weighted by Crippen LogP contribution is 2.35. The lowest BCUT2D eigenvalue weighted by Gasteiger charge is -2.33. The van der Waals surface area contributed by atoms with Crippen LogP contribution in [-0.2, 0) is 9.53 Å². The van der Waals surface area contributed by atoms with Gasteiger partial charge in [0, 0.05) is 18.4 Å². The summed E-state index contributed by atoms with van der Waals surface area (Å²) < 4.78 is 20.1. The Bertz CT molecular complexity index is 963. The third-order valence-corrected chi connectivity index (χ3v) is 6.36. The molecule has 1 aliphatic heterocycles. The topological polar surface area (TPSA) is 81.2 Å². The predicted octanol–water partition coefficient (Wildman–Crippen LogP) is 1.58. The Morgan fingerprint density at radius 1 is 1.39 bits per heavy atom. The lowest BCUT2D eigenvalue weighted by atomic mass is 9.93. The molecule has 0 saturated carbocycles. The van der Waals surface area contributed by atoms with Crippen LogP contribution in [0.2, 0.25) is 0 Å². The highest BCUT2D eigenvalue weighted by atomic mass is 32.1. The van der Waals surface area contributed by atoms with Gasteiger partial charge in [-0.3, -0.25) is 4.79 Å². The van der Waals surface area contributed by atoms with Crippen LogP contribution < -0.4 is 4.90 Å². The molecule has 2 aromatic heterocycles. The Morgan fingerprint density at radius 3 is 2.75 bits per heavy atom. The Morgan fingerprint density at radius 2 is 2.11 bits per heavy atom. The first-order chi connectivity index (χ1) is 13.6. The van der Waals surface area contributed by atoms with Crippen LogP contribution in [0.1, 0.15) is 36.2 Å². The number of aromatic hydroxyl groups is 1. The van der Waals surface area contributed by atoms with Crippen LogP contribution in [0, 0.1) is 11.7 Å². The molecule has 0 radical (unpaired) electrons. The fourth-order valence-electron chi connectivity index (χ4n) is 3.88. The number of halogens is 1. The van der Waals surface area contributed by atoms with Crippen molar-refractivity contribution in [2.75, 3.05) is 19.7 Å². The van der Waals surface area contributed by atoms with Gasteiger partial charge in [-0.1, -0.05) is 11.3 Å². The van der Waals surface area contributed by atoms with Crippen LogP contribution in [0.15, 0.2) is 30.6 Å². The summed E-state index contributed by atoms with van der Waals surface area (Å²) in [7, 11) is 0. The van der Waals surface area contributed by atoms with Gasteiger partial charge in [0.15, 0.2) is 6.04 Å². The zero-order valence-electron chi connectivity index (χ0n) is 15.5. The first-order valence-electron chi connectivity index (χ1n) is 9.36. The number of hydrogen-bond acceptors (Lipinski definition) is 6. The lowest BCUT2D eigenvalue weighted by molar-refractivity contribution is -0.930. The molecule has 2 N–H and O–H groups in total. The first kappa shape index (κ1) is 18.8. The summed E-state index contributed by atoms with van der Waals surface area (Å²) in [6, 6.07) is 6.18. The number of benzene rings is 1. The van der Waals surface area contributed by atoms with Crippen molar-refractivity contribution >= 4 is 22.3 Å². The van der Waals surface area contributed by atoms with Crippen molar-refractivity contribution in [1.29, 1.82) is 0 Å². The van der Waals surface area contributed by atoms with Crippen molar-refractivity contribution < 1.29 is 23.9 Å². The van der Waals surface area contributed by atoms with Crippen LogP contribution in [0.4, 0.5) is 4.39 Å². The zero-order chi connectivity index (χ0) is 19.7. The van der Waals surface area contributed by atoms with Crippen LogP contribution in [0.25, 0.3) is 4.96 Å². The highest BCUT2D eigenvalue weighted by molar-refractivity contribution is 7.17. The summed E-state index contributed by atoms with van der Waals surface area (Å²) >= 11 is 1.38. The van der Waals surface area contributed by atoms with Crippen LogP contribution >= 0.6 is 11.3 Å². The molecule has 0 aliphatic carbocycles. The van der Waals surface area contributed by atoms with Gasteiger partial charge in [0.2, 0.25) is 10.8 Å². The van der Waals surface area contributed by atoms with Crippen molar-refractivity contribution in [2.24, 2.45) is 5.92 Å². The summed E-state index contributed by atoms with van der Waals surface area (Å²) in [5.74, 6) is -0.466. The highest BCUT2D eigenvalue weighted by Gasteiger charge is 2.37. The second-order valence-corrected chi connectivity index (χ2v) is 7.92. The standard InChI is InChI=1S/C19H21FN4O3S/c1-2-27-18(26)13-7-9-23(10-8-13)15(12-3-5-14(20)6-4-12)16-17(25)24-19(28-16)21-11-22-24/h3-6,11,13,15,25H,2,7-10H2,1H3/p+1/t15-/m1/s1. The fourth-order valence-corrected chi connectivity index (χ4v) is 5.00. The number of rotatable bonds is 5. The van der Waals surface area contributed by atoms with Gasteiger partial charge >= 0.3 is 5.97 Å². The van der Waals surface area contributed by atoms with Crippen LogP contribution in [0.3, 0.4) is 0 Å². The zero-order valence-corrected chi connectivity index (χ0v) is 16.3. The first-order valence-corrected chi connectivity index (χ1v) is 10.2. The Hall–Kier alpha value is -2.52. The van der Waals surface area contributed by atoms with E-state index in [1.807, 2.05) is 6.92 Å². The van der Waals surface area contributed by atoms with Crippen molar-refractivity contribution in [2.45, 2.75) is 25.8 Å². The number of piperidine rings is 1. The van der Waals surface area contributed by atoms with E-state index >= 15 is 0 Å². The van der Waals surface area contributed by atoms with Gasteiger partial charge in [0.25, 0.3) is 0 Å². The number of nitrogens with one attached hydrogen (secondary N) is 1. The minimum Gasteiger partial charge on any atom is -0.492 e. The molecule has 1 saturated heterocycles. The average molecular weight is 405 g/mol. The molecule has 9 heteroatoms. The maximum atomic E-state index is 13.5. The number of esters is 1. The molecule has 3 heterocycles. The maximum Gasteiger partial charge on any atom is 0.309 e.